The van der Waals surface area contributed by atoms with Crippen LogP contribution in [0.2, 0.25) is 10.2 Å². The SMILES string of the molecule is CC(C)(C)OC(=O)N1CCN2C(=O)c3c(N4CCCC4)nc(Cl)c(Cl)c3OC[C@H]2C1. The second kappa shape index (κ2) is 7.96. The number of pyridine rings is 1. The van der Waals surface area contributed by atoms with E-state index >= 15 is 0 Å². The van der Waals surface area contributed by atoms with Crippen molar-refractivity contribution in [3.63, 3.8) is 0 Å². The number of carbonyl (C=O) groups is 2. The maximum atomic E-state index is 13.6. The minimum Gasteiger partial charge on any atom is -0.489 e. The van der Waals surface area contributed by atoms with Crippen LogP contribution >= 0.6 is 23.2 Å². The van der Waals surface area contributed by atoms with Crippen LogP contribution in [0.5, 0.6) is 5.75 Å². The maximum Gasteiger partial charge on any atom is 0.410 e. The first-order valence-corrected chi connectivity index (χ1v) is 11.0. The fourth-order valence-corrected chi connectivity index (χ4v) is 4.43. The second-order valence-electron chi connectivity index (χ2n) is 8.83. The molecule has 3 aliphatic rings. The van der Waals surface area contributed by atoms with Crippen molar-refractivity contribution in [3.05, 3.63) is 15.7 Å². The Kier molecular flexibility index (Phi) is 5.66. The highest BCUT2D eigenvalue weighted by Crippen LogP contribution is 2.42. The molecule has 0 bridgehead atoms. The summed E-state index contributed by atoms with van der Waals surface area (Å²) in [6.45, 7) is 8.40. The summed E-state index contributed by atoms with van der Waals surface area (Å²) in [5.41, 5.74) is -0.222. The normalized spacial score (nSPS) is 21.7. The minimum atomic E-state index is -0.583. The number of ether oxygens (including phenoxy) is 2. The van der Waals surface area contributed by atoms with Crippen molar-refractivity contribution in [2.24, 2.45) is 0 Å². The molecular formula is C20H26Cl2N4O4. The third kappa shape index (κ3) is 3.99. The number of carbonyl (C=O) groups excluding carboxylic acids is 2. The van der Waals surface area contributed by atoms with E-state index in [0.29, 0.717) is 31.0 Å². The first kappa shape index (κ1) is 21.3. The van der Waals surface area contributed by atoms with Crippen LogP contribution in [0.3, 0.4) is 0 Å². The maximum absolute atomic E-state index is 13.6. The average molecular weight is 457 g/mol. The molecule has 4 heterocycles. The number of hydrogen-bond donors (Lipinski definition) is 0. The van der Waals surface area contributed by atoms with Crippen LogP contribution < -0.4 is 9.64 Å². The molecule has 1 aromatic rings. The number of piperazine rings is 1. The average Bonchev–Trinajstić information content (AvgIpc) is 3.16. The van der Waals surface area contributed by atoms with Crippen LogP contribution in [0.15, 0.2) is 0 Å². The predicted octanol–water partition coefficient (Wildman–Crippen LogP) is 3.44. The van der Waals surface area contributed by atoms with Gasteiger partial charge >= 0.3 is 6.09 Å². The van der Waals surface area contributed by atoms with E-state index in [-0.39, 0.29) is 34.5 Å². The van der Waals surface area contributed by atoms with E-state index in [1.165, 1.54) is 0 Å². The molecule has 8 nitrogen and oxygen atoms in total. The first-order chi connectivity index (χ1) is 14.2. The van der Waals surface area contributed by atoms with Gasteiger partial charge in [-0.25, -0.2) is 9.78 Å². The Morgan fingerprint density at radius 2 is 1.87 bits per heavy atom. The van der Waals surface area contributed by atoms with Crippen molar-refractivity contribution in [3.8, 4) is 5.75 Å². The van der Waals surface area contributed by atoms with Crippen molar-refractivity contribution in [1.82, 2.24) is 14.8 Å². The van der Waals surface area contributed by atoms with E-state index in [1.807, 2.05) is 20.8 Å². The van der Waals surface area contributed by atoms with Crippen LogP contribution in [-0.2, 0) is 4.74 Å². The predicted molar refractivity (Wildman–Crippen MR) is 114 cm³/mol. The fourth-order valence-electron chi connectivity index (χ4n) is 4.07. The lowest BCUT2D eigenvalue weighted by Gasteiger charge is -2.40. The van der Waals surface area contributed by atoms with E-state index in [0.717, 1.165) is 25.9 Å². The number of anilines is 1. The Balaban J connectivity index is 1.63. The molecule has 3 aliphatic heterocycles. The number of rotatable bonds is 1. The van der Waals surface area contributed by atoms with Crippen molar-refractivity contribution in [1.29, 1.82) is 0 Å². The van der Waals surface area contributed by atoms with Gasteiger partial charge in [0.25, 0.3) is 5.91 Å². The van der Waals surface area contributed by atoms with Crippen LogP contribution in [0.25, 0.3) is 0 Å². The molecule has 2 saturated heterocycles. The highest BCUT2D eigenvalue weighted by Gasteiger charge is 2.41. The highest BCUT2D eigenvalue weighted by molar-refractivity contribution is 6.42. The van der Waals surface area contributed by atoms with Gasteiger partial charge in [0.05, 0.1) is 6.04 Å². The zero-order valence-corrected chi connectivity index (χ0v) is 18.9. The van der Waals surface area contributed by atoms with Crippen molar-refractivity contribution in [2.45, 2.75) is 45.3 Å². The summed E-state index contributed by atoms with van der Waals surface area (Å²) < 4.78 is 11.5. The summed E-state index contributed by atoms with van der Waals surface area (Å²) in [7, 11) is 0. The largest absolute Gasteiger partial charge is 0.489 e. The minimum absolute atomic E-state index is 0.125. The van der Waals surface area contributed by atoms with Gasteiger partial charge in [-0.3, -0.25) is 4.79 Å². The van der Waals surface area contributed by atoms with Gasteiger partial charge in [0.15, 0.2) is 10.9 Å². The van der Waals surface area contributed by atoms with Crippen LogP contribution in [0, 0.1) is 0 Å². The summed E-state index contributed by atoms with van der Waals surface area (Å²) >= 11 is 12.6. The third-order valence-corrected chi connectivity index (χ3v) is 6.19. The molecule has 0 aromatic carbocycles. The summed E-state index contributed by atoms with van der Waals surface area (Å²) in [6, 6.07) is -0.313. The lowest BCUT2D eigenvalue weighted by Crippen LogP contribution is -2.58. The number of nitrogens with zero attached hydrogens (tertiary/aromatic N) is 4. The molecule has 164 valence electrons. The zero-order valence-electron chi connectivity index (χ0n) is 17.4. The van der Waals surface area contributed by atoms with Crippen LogP contribution in [-0.4, -0.2) is 77.8 Å². The highest BCUT2D eigenvalue weighted by atomic mass is 35.5. The number of hydrogen-bond acceptors (Lipinski definition) is 6. The Hall–Kier alpha value is -1.93. The zero-order chi connectivity index (χ0) is 21.6. The van der Waals surface area contributed by atoms with E-state index in [9.17, 15) is 9.59 Å². The molecular weight excluding hydrogens is 431 g/mol. The molecule has 1 atom stereocenters. The van der Waals surface area contributed by atoms with Crippen molar-refractivity contribution < 1.29 is 19.1 Å². The molecule has 0 unspecified atom stereocenters. The quantitative estimate of drug-likeness (QED) is 0.602. The van der Waals surface area contributed by atoms with Gasteiger partial charge in [0.2, 0.25) is 0 Å². The second-order valence-corrected chi connectivity index (χ2v) is 9.56. The summed E-state index contributed by atoms with van der Waals surface area (Å²) in [6.07, 6.45) is 1.67. The molecule has 30 heavy (non-hydrogen) atoms. The summed E-state index contributed by atoms with van der Waals surface area (Å²) in [5.74, 6) is 0.614. The molecule has 0 spiro atoms. The lowest BCUT2D eigenvalue weighted by atomic mass is 10.1. The van der Waals surface area contributed by atoms with Gasteiger partial charge in [-0.05, 0) is 33.6 Å². The van der Waals surface area contributed by atoms with Crippen LogP contribution in [0.4, 0.5) is 10.6 Å². The Labute approximate surface area is 186 Å². The summed E-state index contributed by atoms with van der Waals surface area (Å²) in [4.78, 5) is 35.9. The third-order valence-electron chi connectivity index (χ3n) is 5.47. The molecule has 2 fully saturated rings. The molecule has 2 amide bonds. The molecule has 0 N–H and O–H groups in total. The number of aromatic nitrogens is 1. The number of amides is 2. The molecule has 0 radical (unpaired) electrons. The van der Waals surface area contributed by atoms with E-state index in [1.54, 1.807) is 9.80 Å². The standard InChI is InChI=1S/C20H26Cl2N4O4/c1-20(2,3)30-19(28)25-8-9-26-12(10-25)11-29-15-13(18(26)27)17(23-16(22)14(15)21)24-6-4-5-7-24/h12H,4-11H2,1-3H3/t12-/m1/s1. The Morgan fingerprint density at radius 1 is 1.17 bits per heavy atom. The molecule has 0 saturated carbocycles. The lowest BCUT2D eigenvalue weighted by molar-refractivity contribution is 0.000956. The molecule has 1 aromatic heterocycles. The number of halogens is 2. The van der Waals surface area contributed by atoms with Gasteiger partial charge in [-0.1, -0.05) is 23.2 Å². The monoisotopic (exact) mass is 456 g/mol. The van der Waals surface area contributed by atoms with Crippen molar-refractivity contribution >= 4 is 41.0 Å². The van der Waals surface area contributed by atoms with Gasteiger partial charge in [-0.2, -0.15) is 0 Å². The first-order valence-electron chi connectivity index (χ1n) is 10.2. The molecule has 0 aliphatic carbocycles. The van der Waals surface area contributed by atoms with E-state index < -0.39 is 11.7 Å². The smallest absolute Gasteiger partial charge is 0.410 e. The van der Waals surface area contributed by atoms with Crippen molar-refractivity contribution in [2.75, 3.05) is 44.2 Å². The fraction of sp³-hybridized carbons (Fsp3) is 0.650. The van der Waals surface area contributed by atoms with Gasteiger partial charge < -0.3 is 24.2 Å². The van der Waals surface area contributed by atoms with Gasteiger partial charge in [0.1, 0.15) is 28.6 Å². The summed E-state index contributed by atoms with van der Waals surface area (Å²) in [5, 5.41) is 0.271. The van der Waals surface area contributed by atoms with Gasteiger partial charge in [-0.15, -0.1) is 0 Å². The molecule has 4 rings (SSSR count). The number of fused-ring (bicyclic) bond motifs is 2. The van der Waals surface area contributed by atoms with E-state index in [2.05, 4.69) is 9.88 Å². The Morgan fingerprint density at radius 3 is 2.53 bits per heavy atom. The topological polar surface area (TPSA) is 75.2 Å². The Bertz CT molecular complexity index is 867. The van der Waals surface area contributed by atoms with E-state index in [4.69, 9.17) is 32.7 Å². The van der Waals surface area contributed by atoms with Crippen LogP contribution in [0.1, 0.15) is 44.0 Å². The molecule has 10 heteroatoms. The van der Waals surface area contributed by atoms with Gasteiger partial charge in [0, 0.05) is 32.7 Å².